The molecule has 0 spiro atoms. The summed E-state index contributed by atoms with van der Waals surface area (Å²) >= 11 is 5.91. The van der Waals surface area contributed by atoms with Gasteiger partial charge in [-0.1, -0.05) is 74.0 Å². The second kappa shape index (κ2) is 14.4. The molecule has 0 radical (unpaired) electrons. The van der Waals surface area contributed by atoms with Gasteiger partial charge >= 0.3 is 0 Å². The minimum atomic E-state index is -0.787. The van der Waals surface area contributed by atoms with E-state index in [0.29, 0.717) is 42.3 Å². The molecule has 0 aromatic heterocycles. The van der Waals surface area contributed by atoms with Gasteiger partial charge in [-0.3, -0.25) is 9.59 Å². The van der Waals surface area contributed by atoms with Crippen LogP contribution >= 0.6 is 11.6 Å². The maximum Gasteiger partial charge on any atom is 0.243 e. The molecule has 3 aromatic rings. The van der Waals surface area contributed by atoms with Gasteiger partial charge in [0.1, 0.15) is 17.6 Å². The zero-order valence-corrected chi connectivity index (χ0v) is 22.1. The quantitative estimate of drug-likeness (QED) is 0.277. The molecule has 0 bridgehead atoms. The van der Waals surface area contributed by atoms with Crippen LogP contribution in [0.2, 0.25) is 5.02 Å². The Bertz CT molecular complexity index is 1140. The summed E-state index contributed by atoms with van der Waals surface area (Å²) in [5.41, 5.74) is 1.28. The van der Waals surface area contributed by atoms with Gasteiger partial charge in [-0.05, 0) is 48.2 Å². The van der Waals surface area contributed by atoms with E-state index in [4.69, 9.17) is 16.3 Å². The molecule has 0 saturated heterocycles. The van der Waals surface area contributed by atoms with Gasteiger partial charge < -0.3 is 15.0 Å². The number of amides is 2. The Morgan fingerprint density at radius 2 is 1.65 bits per heavy atom. The second-order valence-corrected chi connectivity index (χ2v) is 9.80. The number of halogens is 2. The minimum Gasteiger partial charge on any atom is -0.494 e. The van der Waals surface area contributed by atoms with Crippen LogP contribution in [-0.2, 0) is 22.6 Å². The van der Waals surface area contributed by atoms with Crippen LogP contribution in [0.1, 0.15) is 37.8 Å². The molecule has 37 heavy (non-hydrogen) atoms. The van der Waals surface area contributed by atoms with Gasteiger partial charge in [-0.2, -0.15) is 0 Å². The molecule has 3 aromatic carbocycles. The van der Waals surface area contributed by atoms with E-state index in [1.807, 2.05) is 44.2 Å². The Kier molecular flexibility index (Phi) is 11.0. The largest absolute Gasteiger partial charge is 0.494 e. The van der Waals surface area contributed by atoms with Crippen LogP contribution in [0.5, 0.6) is 5.75 Å². The Hall–Kier alpha value is -3.38. The molecule has 0 fully saturated rings. The van der Waals surface area contributed by atoms with Gasteiger partial charge in [0.15, 0.2) is 0 Å². The minimum absolute atomic E-state index is 0.00382. The predicted molar refractivity (Wildman–Crippen MR) is 145 cm³/mol. The molecule has 0 aliphatic heterocycles. The zero-order chi connectivity index (χ0) is 26.6. The molecule has 0 aliphatic rings. The molecule has 1 atom stereocenters. The first-order valence-electron chi connectivity index (χ1n) is 12.6. The van der Waals surface area contributed by atoms with E-state index < -0.39 is 11.9 Å². The van der Waals surface area contributed by atoms with E-state index in [0.717, 1.165) is 5.56 Å². The smallest absolute Gasteiger partial charge is 0.243 e. The Morgan fingerprint density at radius 3 is 2.32 bits per heavy atom. The molecule has 0 aliphatic carbocycles. The highest BCUT2D eigenvalue weighted by Gasteiger charge is 2.30. The standard InChI is InChI=1S/C30H34ClFN2O3/c1-22(2)20-33-30(36)28(19-23-9-4-3-5-10-23)34(21-24-11-6-7-12-27(24)32)29(35)13-8-18-37-26-16-14-25(31)15-17-26/h3-7,9-12,14-17,22,28H,8,13,18-21H2,1-2H3,(H,33,36)/t28-/m0/s1. The molecule has 2 amide bonds. The second-order valence-electron chi connectivity index (χ2n) is 9.36. The van der Waals surface area contributed by atoms with Crippen LogP contribution in [0, 0.1) is 11.7 Å². The van der Waals surface area contributed by atoms with Crippen LogP contribution in [-0.4, -0.2) is 35.9 Å². The Labute approximate surface area is 223 Å². The average Bonchev–Trinajstić information content (AvgIpc) is 2.89. The summed E-state index contributed by atoms with van der Waals surface area (Å²) in [5.74, 6) is 0.0211. The first-order chi connectivity index (χ1) is 17.8. The van der Waals surface area contributed by atoms with E-state index in [-0.39, 0.29) is 30.7 Å². The lowest BCUT2D eigenvalue weighted by Crippen LogP contribution is -2.51. The van der Waals surface area contributed by atoms with Crippen molar-refractivity contribution in [3.63, 3.8) is 0 Å². The highest BCUT2D eigenvalue weighted by molar-refractivity contribution is 6.30. The van der Waals surface area contributed by atoms with Gasteiger partial charge in [-0.25, -0.2) is 4.39 Å². The summed E-state index contributed by atoms with van der Waals surface area (Å²) in [5, 5.41) is 3.59. The number of hydrogen-bond donors (Lipinski definition) is 1. The molecule has 3 rings (SSSR count). The van der Waals surface area contributed by atoms with Gasteiger partial charge in [0.25, 0.3) is 0 Å². The lowest BCUT2D eigenvalue weighted by molar-refractivity contribution is -0.141. The summed E-state index contributed by atoms with van der Waals surface area (Å²) < 4.78 is 20.3. The van der Waals surface area contributed by atoms with E-state index in [1.165, 1.54) is 11.0 Å². The van der Waals surface area contributed by atoms with Crippen LogP contribution in [0.25, 0.3) is 0 Å². The maximum absolute atomic E-state index is 14.6. The molecule has 1 N–H and O–H groups in total. The normalized spacial score (nSPS) is 11.7. The Balaban J connectivity index is 1.79. The molecule has 0 unspecified atom stereocenters. The van der Waals surface area contributed by atoms with Crippen molar-refractivity contribution in [1.29, 1.82) is 0 Å². The molecule has 5 nitrogen and oxygen atoms in total. The van der Waals surface area contributed by atoms with Gasteiger partial charge in [0, 0.05) is 36.5 Å². The highest BCUT2D eigenvalue weighted by Crippen LogP contribution is 2.19. The van der Waals surface area contributed by atoms with Crippen LogP contribution in [0.3, 0.4) is 0 Å². The number of hydrogen-bond acceptors (Lipinski definition) is 3. The molecule has 0 saturated carbocycles. The molecule has 196 valence electrons. The monoisotopic (exact) mass is 524 g/mol. The number of ether oxygens (including phenoxy) is 1. The fourth-order valence-electron chi connectivity index (χ4n) is 3.87. The van der Waals surface area contributed by atoms with E-state index in [1.54, 1.807) is 42.5 Å². The molecular formula is C30H34ClFN2O3. The van der Waals surface area contributed by atoms with Gasteiger partial charge in [0.2, 0.25) is 11.8 Å². The number of carbonyl (C=O) groups is 2. The van der Waals surface area contributed by atoms with Crippen LogP contribution < -0.4 is 10.1 Å². The number of benzene rings is 3. The van der Waals surface area contributed by atoms with Crippen LogP contribution in [0.4, 0.5) is 4.39 Å². The average molecular weight is 525 g/mol. The van der Waals surface area contributed by atoms with Crippen molar-refractivity contribution >= 4 is 23.4 Å². The van der Waals surface area contributed by atoms with Crippen molar-refractivity contribution in [3.8, 4) is 5.75 Å². The van der Waals surface area contributed by atoms with Crippen molar-refractivity contribution in [3.05, 3.63) is 101 Å². The summed E-state index contributed by atoms with van der Waals surface area (Å²) in [7, 11) is 0. The summed E-state index contributed by atoms with van der Waals surface area (Å²) in [6, 6.07) is 22.1. The topological polar surface area (TPSA) is 58.6 Å². The molecule has 0 heterocycles. The predicted octanol–water partition coefficient (Wildman–Crippen LogP) is 6.05. The van der Waals surface area contributed by atoms with E-state index in [9.17, 15) is 14.0 Å². The Morgan fingerprint density at radius 1 is 0.973 bits per heavy atom. The third-order valence-corrected chi connectivity index (χ3v) is 6.12. The fourth-order valence-corrected chi connectivity index (χ4v) is 4.00. The highest BCUT2D eigenvalue weighted by atomic mass is 35.5. The van der Waals surface area contributed by atoms with Crippen molar-refractivity contribution < 1.29 is 18.7 Å². The first-order valence-corrected chi connectivity index (χ1v) is 12.9. The van der Waals surface area contributed by atoms with E-state index in [2.05, 4.69) is 5.32 Å². The number of carbonyl (C=O) groups excluding carboxylic acids is 2. The lowest BCUT2D eigenvalue weighted by Gasteiger charge is -2.32. The molecular weight excluding hydrogens is 491 g/mol. The van der Waals surface area contributed by atoms with Crippen molar-refractivity contribution in [2.45, 2.75) is 45.7 Å². The summed E-state index contributed by atoms with van der Waals surface area (Å²) in [4.78, 5) is 28.4. The third kappa shape index (κ3) is 9.21. The first kappa shape index (κ1) is 28.2. The fraction of sp³-hybridized carbons (Fsp3) is 0.333. The van der Waals surface area contributed by atoms with E-state index >= 15 is 0 Å². The van der Waals surface area contributed by atoms with Crippen molar-refractivity contribution in [2.75, 3.05) is 13.2 Å². The van der Waals surface area contributed by atoms with Crippen molar-refractivity contribution in [1.82, 2.24) is 10.2 Å². The lowest BCUT2D eigenvalue weighted by atomic mass is 10.0. The summed E-state index contributed by atoms with van der Waals surface area (Å²) in [6.07, 6.45) is 0.929. The maximum atomic E-state index is 14.6. The third-order valence-electron chi connectivity index (χ3n) is 5.87. The van der Waals surface area contributed by atoms with Crippen molar-refractivity contribution in [2.24, 2.45) is 5.92 Å². The van der Waals surface area contributed by atoms with Crippen LogP contribution in [0.15, 0.2) is 78.9 Å². The van der Waals surface area contributed by atoms with Gasteiger partial charge in [0.05, 0.1) is 6.61 Å². The SMILES string of the molecule is CC(C)CNC(=O)[C@H](Cc1ccccc1)N(Cc1ccccc1F)C(=O)CCCOc1ccc(Cl)cc1. The number of nitrogens with zero attached hydrogens (tertiary/aromatic N) is 1. The zero-order valence-electron chi connectivity index (χ0n) is 21.3. The van der Waals surface area contributed by atoms with Gasteiger partial charge in [-0.15, -0.1) is 0 Å². The summed E-state index contributed by atoms with van der Waals surface area (Å²) in [6.45, 7) is 4.83. The molecule has 7 heteroatoms. The number of rotatable bonds is 13. The number of nitrogens with one attached hydrogen (secondary N) is 1.